The number of para-hydroxylation sites is 1. The van der Waals surface area contributed by atoms with Gasteiger partial charge in [0.2, 0.25) is 5.95 Å². The van der Waals surface area contributed by atoms with E-state index in [9.17, 15) is 4.79 Å². The number of aryl methyl sites for hydroxylation is 1. The van der Waals surface area contributed by atoms with Crippen molar-refractivity contribution in [3.05, 3.63) is 48.3 Å². The number of ketones is 1. The van der Waals surface area contributed by atoms with Crippen molar-refractivity contribution in [3.63, 3.8) is 0 Å². The quantitative estimate of drug-likeness (QED) is 0.800. The number of hydrogen-bond donors (Lipinski definition) is 1. The van der Waals surface area contributed by atoms with E-state index in [0.717, 1.165) is 57.8 Å². The van der Waals surface area contributed by atoms with Gasteiger partial charge in [-0.3, -0.25) is 9.69 Å². The van der Waals surface area contributed by atoms with Gasteiger partial charge in [-0.15, -0.1) is 0 Å². The first-order chi connectivity index (χ1) is 15.3. The zero-order chi connectivity index (χ0) is 21.0. The minimum Gasteiger partial charge on any atom is -0.380 e. The monoisotopic (exact) mass is 419 g/mol. The standard InChI is InChI=1S/C25H33N5O/c31-24(20-8-2-1-3-9-20)23(22-12-11-19-7-4-5-10-21(19)28-22)29-15-17-30(18-16-29)25-26-13-6-14-27-25/h4-7,10,13-14,20,22-23,28H,1-3,8-9,11-12,15-18H2. The van der Waals surface area contributed by atoms with E-state index in [-0.39, 0.29) is 18.0 Å². The van der Waals surface area contributed by atoms with Crippen LogP contribution in [0.5, 0.6) is 0 Å². The lowest BCUT2D eigenvalue weighted by molar-refractivity contribution is -0.130. The zero-order valence-corrected chi connectivity index (χ0v) is 18.2. The molecule has 2 aromatic rings. The van der Waals surface area contributed by atoms with Crippen LogP contribution in [-0.4, -0.2) is 58.9 Å². The molecular weight excluding hydrogens is 386 g/mol. The highest BCUT2D eigenvalue weighted by atomic mass is 16.1. The molecule has 164 valence electrons. The first kappa shape index (κ1) is 20.4. The Balaban J connectivity index is 1.34. The van der Waals surface area contributed by atoms with Gasteiger partial charge in [-0.2, -0.15) is 0 Å². The number of anilines is 2. The predicted molar refractivity (Wildman–Crippen MR) is 123 cm³/mol. The summed E-state index contributed by atoms with van der Waals surface area (Å²) in [5.41, 5.74) is 2.57. The maximum absolute atomic E-state index is 13.8. The molecule has 6 nitrogen and oxygen atoms in total. The average Bonchev–Trinajstić information content (AvgIpc) is 2.85. The van der Waals surface area contributed by atoms with Crippen LogP contribution in [0.2, 0.25) is 0 Å². The third-order valence-electron chi connectivity index (χ3n) is 7.31. The maximum Gasteiger partial charge on any atom is 0.225 e. The lowest BCUT2D eigenvalue weighted by Crippen LogP contribution is -2.60. The Bertz CT molecular complexity index is 874. The summed E-state index contributed by atoms with van der Waals surface area (Å²) in [6.45, 7) is 3.48. The molecule has 0 spiro atoms. The zero-order valence-electron chi connectivity index (χ0n) is 18.2. The summed E-state index contributed by atoms with van der Waals surface area (Å²) in [5, 5.41) is 3.76. The summed E-state index contributed by atoms with van der Waals surface area (Å²) in [6, 6.07) is 10.6. The maximum atomic E-state index is 13.8. The van der Waals surface area contributed by atoms with Gasteiger partial charge < -0.3 is 10.2 Å². The Kier molecular flexibility index (Phi) is 6.16. The van der Waals surface area contributed by atoms with E-state index in [1.807, 2.05) is 6.07 Å². The lowest BCUT2D eigenvalue weighted by Gasteiger charge is -2.44. The minimum atomic E-state index is -0.0460. The predicted octanol–water partition coefficient (Wildman–Crippen LogP) is 3.54. The molecule has 0 bridgehead atoms. The van der Waals surface area contributed by atoms with E-state index >= 15 is 0 Å². The van der Waals surface area contributed by atoms with E-state index in [1.54, 1.807) is 12.4 Å². The van der Waals surface area contributed by atoms with Gasteiger partial charge in [0.1, 0.15) is 0 Å². The number of nitrogens with zero attached hydrogens (tertiary/aromatic N) is 4. The molecule has 0 radical (unpaired) electrons. The van der Waals surface area contributed by atoms with E-state index in [4.69, 9.17) is 0 Å². The van der Waals surface area contributed by atoms with Crippen molar-refractivity contribution in [3.8, 4) is 0 Å². The number of benzene rings is 1. The third kappa shape index (κ3) is 4.45. The number of aromatic nitrogens is 2. The van der Waals surface area contributed by atoms with Crippen molar-refractivity contribution in [2.75, 3.05) is 36.4 Å². The summed E-state index contributed by atoms with van der Waals surface area (Å²) in [6.07, 6.45) is 11.5. The second-order valence-corrected chi connectivity index (χ2v) is 9.20. The Morgan fingerprint density at radius 1 is 0.935 bits per heavy atom. The molecule has 2 fully saturated rings. The Morgan fingerprint density at radius 2 is 1.68 bits per heavy atom. The van der Waals surface area contributed by atoms with E-state index in [0.29, 0.717) is 5.78 Å². The van der Waals surface area contributed by atoms with Crippen molar-refractivity contribution in [2.24, 2.45) is 5.92 Å². The number of carbonyl (C=O) groups excluding carboxylic acids is 1. The summed E-state index contributed by atoms with van der Waals surface area (Å²) < 4.78 is 0. The highest BCUT2D eigenvalue weighted by molar-refractivity contribution is 5.88. The van der Waals surface area contributed by atoms with Crippen LogP contribution in [0, 0.1) is 5.92 Å². The van der Waals surface area contributed by atoms with E-state index in [1.165, 1.54) is 30.5 Å². The molecule has 1 N–H and O–H groups in total. The second-order valence-electron chi connectivity index (χ2n) is 9.20. The van der Waals surface area contributed by atoms with Crippen LogP contribution in [0.3, 0.4) is 0 Å². The normalized spacial score (nSPS) is 23.6. The van der Waals surface area contributed by atoms with Crippen molar-refractivity contribution in [2.45, 2.75) is 57.0 Å². The van der Waals surface area contributed by atoms with Crippen molar-refractivity contribution in [1.29, 1.82) is 0 Å². The Hall–Kier alpha value is -2.47. The smallest absolute Gasteiger partial charge is 0.225 e. The minimum absolute atomic E-state index is 0.0460. The van der Waals surface area contributed by atoms with Crippen LogP contribution in [0.1, 0.15) is 44.1 Å². The largest absolute Gasteiger partial charge is 0.380 e. The molecule has 3 heterocycles. The van der Waals surface area contributed by atoms with Gasteiger partial charge in [0.15, 0.2) is 5.78 Å². The molecule has 3 aliphatic rings. The van der Waals surface area contributed by atoms with Crippen molar-refractivity contribution in [1.82, 2.24) is 14.9 Å². The molecule has 6 heteroatoms. The van der Waals surface area contributed by atoms with Crippen LogP contribution in [0.4, 0.5) is 11.6 Å². The molecule has 1 aliphatic carbocycles. The number of Topliss-reactive ketones (excluding diaryl/α,β-unsaturated/α-hetero) is 1. The van der Waals surface area contributed by atoms with Crippen LogP contribution >= 0.6 is 0 Å². The topological polar surface area (TPSA) is 61.4 Å². The number of piperazine rings is 1. The van der Waals surface area contributed by atoms with Gasteiger partial charge in [-0.1, -0.05) is 37.5 Å². The van der Waals surface area contributed by atoms with Crippen LogP contribution in [-0.2, 0) is 11.2 Å². The number of rotatable bonds is 5. The molecule has 31 heavy (non-hydrogen) atoms. The number of nitrogens with one attached hydrogen (secondary N) is 1. The summed E-state index contributed by atoms with van der Waals surface area (Å²) >= 11 is 0. The SMILES string of the molecule is O=C(C1CCCCC1)C(C1CCc2ccccc2N1)N1CCN(c2ncccn2)CC1. The van der Waals surface area contributed by atoms with Crippen molar-refractivity contribution >= 4 is 17.4 Å². The first-order valence-corrected chi connectivity index (χ1v) is 11.9. The van der Waals surface area contributed by atoms with Gasteiger partial charge in [0.25, 0.3) is 0 Å². The summed E-state index contributed by atoms with van der Waals surface area (Å²) in [4.78, 5) is 27.4. The van der Waals surface area contributed by atoms with Crippen molar-refractivity contribution < 1.29 is 4.79 Å². The number of hydrogen-bond acceptors (Lipinski definition) is 6. The molecular formula is C25H33N5O. The molecule has 2 aliphatic heterocycles. The van der Waals surface area contributed by atoms with E-state index in [2.05, 4.69) is 49.4 Å². The molecule has 1 saturated heterocycles. The molecule has 5 rings (SSSR count). The second kappa shape index (κ2) is 9.35. The average molecular weight is 420 g/mol. The molecule has 2 unspecified atom stereocenters. The Labute approximate surface area is 185 Å². The third-order valence-corrected chi connectivity index (χ3v) is 7.31. The summed E-state index contributed by atoms with van der Waals surface area (Å²) in [7, 11) is 0. The number of carbonyl (C=O) groups is 1. The number of fused-ring (bicyclic) bond motifs is 1. The fraction of sp³-hybridized carbons (Fsp3) is 0.560. The molecule has 0 amide bonds. The van der Waals surface area contributed by atoms with Gasteiger partial charge in [0, 0.05) is 56.2 Å². The van der Waals surface area contributed by atoms with Gasteiger partial charge in [-0.05, 0) is 43.4 Å². The molecule has 2 atom stereocenters. The highest BCUT2D eigenvalue weighted by Gasteiger charge is 2.40. The fourth-order valence-electron chi connectivity index (χ4n) is 5.61. The molecule has 1 aromatic carbocycles. The van der Waals surface area contributed by atoms with Crippen LogP contribution in [0.15, 0.2) is 42.7 Å². The Morgan fingerprint density at radius 3 is 2.45 bits per heavy atom. The lowest BCUT2D eigenvalue weighted by atomic mass is 9.80. The first-order valence-electron chi connectivity index (χ1n) is 11.9. The summed E-state index contributed by atoms with van der Waals surface area (Å²) in [5.74, 6) is 1.50. The molecule has 1 saturated carbocycles. The van der Waals surface area contributed by atoms with Gasteiger partial charge in [-0.25, -0.2) is 9.97 Å². The molecule has 1 aromatic heterocycles. The van der Waals surface area contributed by atoms with E-state index < -0.39 is 0 Å². The van der Waals surface area contributed by atoms with Crippen LogP contribution < -0.4 is 10.2 Å². The van der Waals surface area contributed by atoms with Crippen LogP contribution in [0.25, 0.3) is 0 Å². The fourth-order valence-corrected chi connectivity index (χ4v) is 5.61. The highest BCUT2D eigenvalue weighted by Crippen LogP contribution is 2.32. The van der Waals surface area contributed by atoms with Gasteiger partial charge >= 0.3 is 0 Å². The van der Waals surface area contributed by atoms with Gasteiger partial charge in [0.05, 0.1) is 6.04 Å².